The van der Waals surface area contributed by atoms with Crippen LogP contribution in [0.25, 0.3) is 6.08 Å². The van der Waals surface area contributed by atoms with Crippen LogP contribution in [0.2, 0.25) is 0 Å². The Morgan fingerprint density at radius 3 is 2.73 bits per heavy atom. The van der Waals surface area contributed by atoms with E-state index in [1.54, 1.807) is 0 Å². The van der Waals surface area contributed by atoms with E-state index in [9.17, 15) is 0 Å². The highest BCUT2D eigenvalue weighted by molar-refractivity contribution is 5.48. The molecule has 0 aromatic carbocycles. The molecule has 0 bridgehead atoms. The lowest BCUT2D eigenvalue weighted by molar-refractivity contribution is 0.926. The average Bonchev–Trinajstić information content (AvgIpc) is 2.37. The van der Waals surface area contributed by atoms with E-state index in [4.69, 9.17) is 0 Å². The predicted octanol–water partition coefficient (Wildman–Crippen LogP) is 1.70. The number of hydrogen-bond acceptors (Lipinski definition) is 2. The molecule has 58 valence electrons. The molecule has 1 rings (SSSR count). The van der Waals surface area contributed by atoms with Crippen LogP contribution in [-0.2, 0) is 0 Å². The van der Waals surface area contributed by atoms with Crippen LogP contribution < -0.4 is 0 Å². The number of aromatic amines is 1. The molecule has 0 fully saturated rings. The van der Waals surface area contributed by atoms with Crippen molar-refractivity contribution in [3.8, 4) is 0 Å². The van der Waals surface area contributed by atoms with Crippen LogP contribution in [0, 0.1) is 6.92 Å². The lowest BCUT2D eigenvalue weighted by Crippen LogP contribution is -1.74. The molecule has 1 N–H and O–H groups in total. The number of rotatable bonds is 2. The minimum atomic E-state index is 0.892. The number of hydrogen-bond donors (Lipinski definition) is 1. The van der Waals surface area contributed by atoms with Gasteiger partial charge in [0.2, 0.25) is 0 Å². The SMILES string of the molecule is C/C=C\C=C/c1nn[nH]c1C. The van der Waals surface area contributed by atoms with Crippen LogP contribution in [0.5, 0.6) is 0 Å². The van der Waals surface area contributed by atoms with Gasteiger partial charge < -0.3 is 0 Å². The van der Waals surface area contributed by atoms with Crippen LogP contribution in [0.3, 0.4) is 0 Å². The first kappa shape index (κ1) is 7.72. The van der Waals surface area contributed by atoms with Crippen molar-refractivity contribution in [1.29, 1.82) is 0 Å². The summed E-state index contributed by atoms with van der Waals surface area (Å²) in [6, 6.07) is 0. The standard InChI is InChI=1S/C8H11N3/c1-3-4-5-6-8-7(2)9-11-10-8/h3-6H,1-2H3,(H,9,10,11)/b4-3-,6-5-. The molecule has 11 heavy (non-hydrogen) atoms. The van der Waals surface area contributed by atoms with Crippen LogP contribution in [0.4, 0.5) is 0 Å². The van der Waals surface area contributed by atoms with E-state index in [2.05, 4.69) is 15.4 Å². The fourth-order valence-corrected chi connectivity index (χ4v) is 0.702. The minimum absolute atomic E-state index is 0.892. The number of nitrogens with zero attached hydrogens (tertiary/aromatic N) is 2. The summed E-state index contributed by atoms with van der Waals surface area (Å²) in [6.07, 6.45) is 7.77. The molecule has 0 spiro atoms. The molecule has 0 unspecified atom stereocenters. The molecule has 0 atom stereocenters. The number of aromatic nitrogens is 3. The zero-order chi connectivity index (χ0) is 8.10. The van der Waals surface area contributed by atoms with E-state index < -0.39 is 0 Å². The van der Waals surface area contributed by atoms with Crippen molar-refractivity contribution in [2.75, 3.05) is 0 Å². The Labute approximate surface area is 65.8 Å². The normalized spacial score (nSPS) is 11.8. The van der Waals surface area contributed by atoms with E-state index in [-0.39, 0.29) is 0 Å². The monoisotopic (exact) mass is 149 g/mol. The first-order valence-corrected chi connectivity index (χ1v) is 3.51. The average molecular weight is 149 g/mol. The molecular formula is C8H11N3. The fourth-order valence-electron chi connectivity index (χ4n) is 0.702. The maximum atomic E-state index is 3.86. The first-order valence-electron chi connectivity index (χ1n) is 3.51. The Hall–Kier alpha value is -1.38. The number of H-pyrrole nitrogens is 1. The summed E-state index contributed by atoms with van der Waals surface area (Å²) in [5, 5.41) is 10.3. The van der Waals surface area contributed by atoms with Gasteiger partial charge in [-0.3, -0.25) is 5.10 Å². The summed E-state index contributed by atoms with van der Waals surface area (Å²) >= 11 is 0. The fraction of sp³-hybridized carbons (Fsp3) is 0.250. The summed E-state index contributed by atoms with van der Waals surface area (Å²) < 4.78 is 0. The van der Waals surface area contributed by atoms with Crippen LogP contribution in [-0.4, -0.2) is 15.4 Å². The molecule has 0 saturated heterocycles. The third-order valence-corrected chi connectivity index (χ3v) is 1.32. The Kier molecular flexibility index (Phi) is 2.60. The van der Waals surface area contributed by atoms with E-state index in [1.807, 2.05) is 38.2 Å². The van der Waals surface area contributed by atoms with Gasteiger partial charge in [-0.1, -0.05) is 23.4 Å². The highest BCUT2D eigenvalue weighted by Gasteiger charge is 1.94. The van der Waals surface area contributed by atoms with Gasteiger partial charge in [0.1, 0.15) is 5.69 Å². The predicted molar refractivity (Wildman–Crippen MR) is 45.0 cm³/mol. The van der Waals surface area contributed by atoms with Crippen molar-refractivity contribution in [3.05, 3.63) is 29.6 Å². The maximum absolute atomic E-state index is 3.86. The second kappa shape index (κ2) is 3.71. The summed E-state index contributed by atoms with van der Waals surface area (Å²) in [5.41, 5.74) is 1.88. The topological polar surface area (TPSA) is 41.6 Å². The van der Waals surface area contributed by atoms with Crippen molar-refractivity contribution in [2.24, 2.45) is 0 Å². The van der Waals surface area contributed by atoms with Gasteiger partial charge >= 0.3 is 0 Å². The minimum Gasteiger partial charge on any atom is -0.262 e. The van der Waals surface area contributed by atoms with Crippen LogP contribution in [0.15, 0.2) is 18.2 Å². The summed E-state index contributed by atoms with van der Waals surface area (Å²) in [6.45, 7) is 3.91. The Morgan fingerprint density at radius 2 is 2.18 bits per heavy atom. The molecule has 0 amide bonds. The maximum Gasteiger partial charge on any atom is 0.108 e. The molecule has 0 saturated carbocycles. The molecule has 0 aliphatic carbocycles. The first-order chi connectivity index (χ1) is 5.34. The van der Waals surface area contributed by atoms with Crippen molar-refractivity contribution in [2.45, 2.75) is 13.8 Å². The molecule has 1 aromatic heterocycles. The van der Waals surface area contributed by atoms with E-state index >= 15 is 0 Å². The van der Waals surface area contributed by atoms with E-state index in [0.29, 0.717) is 0 Å². The molecule has 0 aliphatic rings. The van der Waals surface area contributed by atoms with Gasteiger partial charge in [0, 0.05) is 0 Å². The Bertz CT molecular complexity index is 271. The molecule has 1 heterocycles. The lowest BCUT2D eigenvalue weighted by Gasteiger charge is -1.82. The van der Waals surface area contributed by atoms with Gasteiger partial charge in [0.25, 0.3) is 0 Å². The highest BCUT2D eigenvalue weighted by atomic mass is 15.3. The quantitative estimate of drug-likeness (QED) is 0.650. The zero-order valence-corrected chi connectivity index (χ0v) is 6.70. The molecule has 0 radical (unpaired) electrons. The Balaban J connectivity index is 2.71. The largest absolute Gasteiger partial charge is 0.262 e. The van der Waals surface area contributed by atoms with Crippen molar-refractivity contribution in [3.63, 3.8) is 0 Å². The molecular weight excluding hydrogens is 138 g/mol. The molecule has 3 heteroatoms. The van der Waals surface area contributed by atoms with Gasteiger partial charge in [-0.2, -0.15) is 0 Å². The highest BCUT2D eigenvalue weighted by Crippen LogP contribution is 2.00. The lowest BCUT2D eigenvalue weighted by atomic mass is 10.3. The van der Waals surface area contributed by atoms with E-state index in [0.717, 1.165) is 11.4 Å². The number of nitrogens with one attached hydrogen (secondary N) is 1. The second-order valence-corrected chi connectivity index (χ2v) is 2.21. The zero-order valence-electron chi connectivity index (χ0n) is 6.70. The molecule has 1 aromatic rings. The second-order valence-electron chi connectivity index (χ2n) is 2.21. The summed E-state index contributed by atoms with van der Waals surface area (Å²) in [7, 11) is 0. The van der Waals surface area contributed by atoms with Crippen molar-refractivity contribution in [1.82, 2.24) is 15.4 Å². The number of allylic oxidation sites excluding steroid dienone is 3. The van der Waals surface area contributed by atoms with Crippen molar-refractivity contribution < 1.29 is 0 Å². The third-order valence-electron chi connectivity index (χ3n) is 1.32. The van der Waals surface area contributed by atoms with Gasteiger partial charge in [-0.25, -0.2) is 0 Å². The van der Waals surface area contributed by atoms with Crippen molar-refractivity contribution >= 4 is 6.08 Å². The summed E-state index contributed by atoms with van der Waals surface area (Å²) in [4.78, 5) is 0. The third kappa shape index (κ3) is 2.04. The van der Waals surface area contributed by atoms with Crippen LogP contribution in [0.1, 0.15) is 18.3 Å². The molecule has 3 nitrogen and oxygen atoms in total. The van der Waals surface area contributed by atoms with Gasteiger partial charge in [0.05, 0.1) is 5.69 Å². The smallest absolute Gasteiger partial charge is 0.108 e. The summed E-state index contributed by atoms with van der Waals surface area (Å²) in [5.74, 6) is 0. The van der Waals surface area contributed by atoms with Gasteiger partial charge in [0.15, 0.2) is 0 Å². The molecule has 0 aliphatic heterocycles. The number of aryl methyl sites for hydroxylation is 1. The van der Waals surface area contributed by atoms with Gasteiger partial charge in [-0.15, -0.1) is 5.10 Å². The van der Waals surface area contributed by atoms with Gasteiger partial charge in [-0.05, 0) is 19.9 Å². The van der Waals surface area contributed by atoms with E-state index in [1.165, 1.54) is 0 Å². The Morgan fingerprint density at radius 1 is 1.36 bits per heavy atom. The van der Waals surface area contributed by atoms with Crippen LogP contribution >= 0.6 is 0 Å².